The van der Waals surface area contributed by atoms with E-state index in [9.17, 15) is 0 Å². The summed E-state index contributed by atoms with van der Waals surface area (Å²) in [5.74, 6) is 0. The third-order valence-electron chi connectivity index (χ3n) is 4.08. The molecule has 94 valence electrons. The van der Waals surface area contributed by atoms with Crippen LogP contribution in [0.2, 0.25) is 0 Å². The fourth-order valence-electron chi connectivity index (χ4n) is 2.92. The van der Waals surface area contributed by atoms with Crippen LogP contribution in [0.15, 0.2) is 24.4 Å². The maximum Gasteiger partial charge on any atom is 0.0516 e. The zero-order chi connectivity index (χ0) is 12.7. The molecule has 2 aromatic rings. The molecular weight excluding hydrogens is 220 g/mol. The van der Waals surface area contributed by atoms with Gasteiger partial charge in [0.1, 0.15) is 0 Å². The Kier molecular flexibility index (Phi) is 2.75. The molecule has 2 nitrogen and oxygen atoms in total. The quantitative estimate of drug-likeness (QED) is 0.810. The first-order valence-electron chi connectivity index (χ1n) is 6.64. The summed E-state index contributed by atoms with van der Waals surface area (Å²) in [7, 11) is 2.15. The van der Waals surface area contributed by atoms with Crippen LogP contribution < -0.4 is 5.32 Å². The van der Waals surface area contributed by atoms with Gasteiger partial charge in [0.15, 0.2) is 0 Å². The molecule has 1 N–H and O–H groups in total. The van der Waals surface area contributed by atoms with Crippen molar-refractivity contribution in [1.29, 1.82) is 0 Å². The van der Waals surface area contributed by atoms with Gasteiger partial charge in [0.05, 0.1) is 5.52 Å². The van der Waals surface area contributed by atoms with Crippen LogP contribution in [0.5, 0.6) is 0 Å². The zero-order valence-electron chi connectivity index (χ0n) is 11.4. The summed E-state index contributed by atoms with van der Waals surface area (Å²) in [4.78, 5) is 0. The summed E-state index contributed by atoms with van der Waals surface area (Å²) < 4.78 is 2.27. The molecule has 0 unspecified atom stereocenters. The van der Waals surface area contributed by atoms with E-state index in [2.05, 4.69) is 55.2 Å². The highest BCUT2D eigenvalue weighted by Gasteiger charge is 2.14. The Morgan fingerprint density at radius 1 is 1.22 bits per heavy atom. The molecule has 2 heteroatoms. The Hall–Kier alpha value is -1.54. The first-order chi connectivity index (χ1) is 8.68. The van der Waals surface area contributed by atoms with Gasteiger partial charge in [0.2, 0.25) is 0 Å². The predicted octanol–water partition coefficient (Wildman–Crippen LogP) is 3.17. The van der Waals surface area contributed by atoms with E-state index in [1.807, 2.05) is 0 Å². The molecule has 0 amide bonds. The molecule has 0 aliphatic carbocycles. The SMILES string of the molecule is Cc1ccc2c(C3=CCNCC3)cn(C)c2c1C. The van der Waals surface area contributed by atoms with Crippen molar-refractivity contribution in [2.45, 2.75) is 20.3 Å². The van der Waals surface area contributed by atoms with Gasteiger partial charge in [0.25, 0.3) is 0 Å². The van der Waals surface area contributed by atoms with E-state index in [0.717, 1.165) is 19.5 Å². The average Bonchev–Trinajstić information content (AvgIpc) is 2.73. The molecule has 18 heavy (non-hydrogen) atoms. The number of benzene rings is 1. The summed E-state index contributed by atoms with van der Waals surface area (Å²) in [6.07, 6.45) is 5.74. The van der Waals surface area contributed by atoms with E-state index in [-0.39, 0.29) is 0 Å². The summed E-state index contributed by atoms with van der Waals surface area (Å²) in [5, 5.41) is 4.77. The fraction of sp³-hybridized carbons (Fsp3) is 0.375. The highest BCUT2D eigenvalue weighted by molar-refractivity contribution is 5.95. The molecule has 0 bridgehead atoms. The lowest BCUT2D eigenvalue weighted by atomic mass is 9.97. The lowest BCUT2D eigenvalue weighted by molar-refractivity contribution is 0.738. The third kappa shape index (κ3) is 1.68. The van der Waals surface area contributed by atoms with E-state index in [4.69, 9.17) is 0 Å². The number of nitrogens with zero attached hydrogens (tertiary/aromatic N) is 1. The Bertz CT molecular complexity index is 632. The van der Waals surface area contributed by atoms with E-state index < -0.39 is 0 Å². The van der Waals surface area contributed by atoms with Crippen molar-refractivity contribution in [1.82, 2.24) is 9.88 Å². The molecule has 0 atom stereocenters. The normalized spacial score (nSPS) is 16.1. The molecule has 1 aromatic carbocycles. The minimum absolute atomic E-state index is 0.997. The number of rotatable bonds is 1. The van der Waals surface area contributed by atoms with Gasteiger partial charge in [0, 0.05) is 30.7 Å². The second-order valence-electron chi connectivity index (χ2n) is 5.24. The van der Waals surface area contributed by atoms with Gasteiger partial charge in [-0.2, -0.15) is 0 Å². The van der Waals surface area contributed by atoms with Crippen LogP contribution >= 0.6 is 0 Å². The first-order valence-corrected chi connectivity index (χ1v) is 6.64. The number of aromatic nitrogens is 1. The largest absolute Gasteiger partial charge is 0.350 e. The van der Waals surface area contributed by atoms with Crippen molar-refractivity contribution in [3.8, 4) is 0 Å². The van der Waals surface area contributed by atoms with Gasteiger partial charge >= 0.3 is 0 Å². The Morgan fingerprint density at radius 3 is 2.78 bits per heavy atom. The smallest absolute Gasteiger partial charge is 0.0516 e. The van der Waals surface area contributed by atoms with Gasteiger partial charge in [-0.1, -0.05) is 18.2 Å². The van der Waals surface area contributed by atoms with E-state index in [1.165, 1.54) is 33.2 Å². The highest BCUT2D eigenvalue weighted by Crippen LogP contribution is 2.32. The fourth-order valence-corrected chi connectivity index (χ4v) is 2.92. The highest BCUT2D eigenvalue weighted by atomic mass is 14.9. The van der Waals surface area contributed by atoms with Crippen molar-refractivity contribution in [2.75, 3.05) is 13.1 Å². The van der Waals surface area contributed by atoms with Crippen molar-refractivity contribution < 1.29 is 0 Å². The third-order valence-corrected chi connectivity index (χ3v) is 4.08. The summed E-state index contributed by atoms with van der Waals surface area (Å²) >= 11 is 0. The summed E-state index contributed by atoms with van der Waals surface area (Å²) in [6, 6.07) is 4.51. The number of nitrogens with one attached hydrogen (secondary N) is 1. The van der Waals surface area contributed by atoms with E-state index >= 15 is 0 Å². The van der Waals surface area contributed by atoms with Crippen molar-refractivity contribution in [3.05, 3.63) is 41.1 Å². The number of aryl methyl sites for hydroxylation is 3. The first kappa shape index (κ1) is 11.5. The van der Waals surface area contributed by atoms with Crippen molar-refractivity contribution >= 4 is 16.5 Å². The van der Waals surface area contributed by atoms with E-state index in [1.54, 1.807) is 0 Å². The lowest BCUT2D eigenvalue weighted by Gasteiger charge is -2.13. The molecule has 0 radical (unpaired) electrons. The molecular formula is C16H20N2. The summed E-state index contributed by atoms with van der Waals surface area (Å²) in [6.45, 7) is 6.49. The van der Waals surface area contributed by atoms with Crippen molar-refractivity contribution in [3.63, 3.8) is 0 Å². The van der Waals surface area contributed by atoms with Gasteiger partial charge in [-0.15, -0.1) is 0 Å². The van der Waals surface area contributed by atoms with Crippen LogP contribution in [0.4, 0.5) is 0 Å². The molecule has 0 fully saturated rings. The molecule has 3 rings (SSSR count). The van der Waals surface area contributed by atoms with Crippen LogP contribution in [0.25, 0.3) is 16.5 Å². The van der Waals surface area contributed by atoms with Crippen LogP contribution in [-0.4, -0.2) is 17.7 Å². The molecule has 0 spiro atoms. The minimum Gasteiger partial charge on any atom is -0.350 e. The topological polar surface area (TPSA) is 17.0 Å². The van der Waals surface area contributed by atoms with Crippen LogP contribution in [-0.2, 0) is 7.05 Å². The van der Waals surface area contributed by atoms with Crippen molar-refractivity contribution in [2.24, 2.45) is 7.05 Å². The maximum absolute atomic E-state index is 3.38. The number of hydrogen-bond acceptors (Lipinski definition) is 1. The molecule has 1 aliphatic heterocycles. The molecule has 0 saturated carbocycles. The zero-order valence-corrected chi connectivity index (χ0v) is 11.4. The lowest BCUT2D eigenvalue weighted by Crippen LogP contribution is -2.19. The Morgan fingerprint density at radius 2 is 2.06 bits per heavy atom. The predicted molar refractivity (Wildman–Crippen MR) is 77.9 cm³/mol. The molecule has 1 aliphatic rings. The monoisotopic (exact) mass is 240 g/mol. The van der Waals surface area contributed by atoms with Gasteiger partial charge in [-0.05, 0) is 43.5 Å². The van der Waals surface area contributed by atoms with Gasteiger partial charge in [-0.3, -0.25) is 0 Å². The summed E-state index contributed by atoms with van der Waals surface area (Å²) in [5.41, 5.74) is 7.05. The number of fused-ring (bicyclic) bond motifs is 1. The van der Waals surface area contributed by atoms with Crippen LogP contribution in [0.1, 0.15) is 23.1 Å². The second kappa shape index (κ2) is 4.29. The number of hydrogen-bond donors (Lipinski definition) is 1. The van der Waals surface area contributed by atoms with E-state index in [0.29, 0.717) is 0 Å². The molecule has 0 saturated heterocycles. The Balaban J connectivity index is 2.26. The van der Waals surface area contributed by atoms with Gasteiger partial charge < -0.3 is 9.88 Å². The second-order valence-corrected chi connectivity index (χ2v) is 5.24. The van der Waals surface area contributed by atoms with Crippen LogP contribution in [0, 0.1) is 13.8 Å². The van der Waals surface area contributed by atoms with Crippen LogP contribution in [0.3, 0.4) is 0 Å². The van der Waals surface area contributed by atoms with Gasteiger partial charge in [-0.25, -0.2) is 0 Å². The molecule has 1 aromatic heterocycles. The minimum atomic E-state index is 0.997. The molecule has 2 heterocycles. The maximum atomic E-state index is 3.38. The average molecular weight is 240 g/mol. The standard InChI is InChI=1S/C16H20N2/c1-11-4-5-14-15(13-6-8-17-9-7-13)10-18(3)16(14)12(11)2/h4-6,10,17H,7-9H2,1-3H3. The Labute approximate surface area is 108 Å².